The number of nitrogens with zero attached hydrogens (tertiary/aromatic N) is 2. The molecule has 4 heteroatoms. The molecule has 4 nitrogen and oxygen atoms in total. The lowest BCUT2D eigenvalue weighted by Gasteiger charge is -2.10. The third kappa shape index (κ3) is 2.29. The van der Waals surface area contributed by atoms with E-state index in [0.717, 1.165) is 27.8 Å². The minimum absolute atomic E-state index is 0.251. The number of aromatic nitrogens is 2. The predicted molar refractivity (Wildman–Crippen MR) is 83.7 cm³/mol. The van der Waals surface area contributed by atoms with E-state index in [-0.39, 0.29) is 5.69 Å². The van der Waals surface area contributed by atoms with Crippen molar-refractivity contribution in [3.63, 3.8) is 0 Å². The third-order valence-electron chi connectivity index (χ3n) is 3.63. The van der Waals surface area contributed by atoms with E-state index in [1.165, 1.54) is 0 Å². The second-order valence-corrected chi connectivity index (χ2v) is 5.05. The van der Waals surface area contributed by atoms with Crippen LogP contribution in [0, 0.1) is 6.92 Å². The highest BCUT2D eigenvalue weighted by Crippen LogP contribution is 2.27. The minimum atomic E-state index is -0.251. The molecule has 3 rings (SSSR count). The summed E-state index contributed by atoms with van der Waals surface area (Å²) in [5.74, 6) is 0.780. The Balaban J connectivity index is 2.31. The average Bonchev–Trinajstić information content (AvgIpc) is 2.51. The smallest absolute Gasteiger partial charge is 0.348 e. The average molecular weight is 280 g/mol. The van der Waals surface area contributed by atoms with Crippen LogP contribution in [0.2, 0.25) is 0 Å². The summed E-state index contributed by atoms with van der Waals surface area (Å²) in [7, 11) is 3.37. The molecule has 1 aromatic heterocycles. The third-order valence-corrected chi connectivity index (χ3v) is 3.63. The molecule has 2 aromatic carbocycles. The topological polar surface area (TPSA) is 44.1 Å². The summed E-state index contributed by atoms with van der Waals surface area (Å²) in [5, 5.41) is 0.966. The lowest BCUT2D eigenvalue weighted by Crippen LogP contribution is -2.21. The second kappa shape index (κ2) is 5.05. The summed E-state index contributed by atoms with van der Waals surface area (Å²) in [5.41, 5.74) is 3.36. The van der Waals surface area contributed by atoms with Gasteiger partial charge in [-0.3, -0.25) is 4.57 Å². The molecule has 21 heavy (non-hydrogen) atoms. The van der Waals surface area contributed by atoms with Crippen molar-refractivity contribution >= 4 is 10.9 Å². The highest BCUT2D eigenvalue weighted by atomic mass is 16.5. The molecule has 1 heterocycles. The van der Waals surface area contributed by atoms with Gasteiger partial charge in [0.2, 0.25) is 0 Å². The molecule has 0 spiro atoms. The number of benzene rings is 2. The number of ether oxygens (including phenoxy) is 1. The van der Waals surface area contributed by atoms with Crippen LogP contribution < -0.4 is 10.4 Å². The number of aryl methyl sites for hydroxylation is 2. The van der Waals surface area contributed by atoms with Gasteiger partial charge in [0.25, 0.3) is 0 Å². The fourth-order valence-electron chi connectivity index (χ4n) is 2.42. The fraction of sp³-hybridized carbons (Fsp3) is 0.176. The molecular weight excluding hydrogens is 264 g/mol. The van der Waals surface area contributed by atoms with E-state index >= 15 is 0 Å². The van der Waals surface area contributed by atoms with Gasteiger partial charge in [0.15, 0.2) is 0 Å². The lowest BCUT2D eigenvalue weighted by molar-refractivity contribution is 0.415. The Kier molecular flexibility index (Phi) is 3.22. The summed E-state index contributed by atoms with van der Waals surface area (Å²) in [4.78, 5) is 16.3. The second-order valence-electron chi connectivity index (χ2n) is 5.05. The first-order valence-corrected chi connectivity index (χ1v) is 6.72. The molecule has 0 radical (unpaired) electrons. The summed E-state index contributed by atoms with van der Waals surface area (Å²) in [6.07, 6.45) is 0. The first-order chi connectivity index (χ1) is 10.1. The van der Waals surface area contributed by atoms with Gasteiger partial charge in [-0.15, -0.1) is 0 Å². The van der Waals surface area contributed by atoms with Crippen LogP contribution in [0.1, 0.15) is 5.56 Å². The van der Waals surface area contributed by atoms with Crippen LogP contribution in [0.4, 0.5) is 0 Å². The van der Waals surface area contributed by atoms with E-state index in [0.29, 0.717) is 5.69 Å². The van der Waals surface area contributed by atoms with Crippen LogP contribution >= 0.6 is 0 Å². The van der Waals surface area contributed by atoms with E-state index in [1.54, 1.807) is 18.7 Å². The Hall–Kier alpha value is -2.62. The van der Waals surface area contributed by atoms with Gasteiger partial charge in [0, 0.05) is 18.0 Å². The van der Waals surface area contributed by atoms with Gasteiger partial charge in [0.1, 0.15) is 5.75 Å². The zero-order valence-corrected chi connectivity index (χ0v) is 12.3. The molecule has 0 N–H and O–H groups in total. The fourth-order valence-corrected chi connectivity index (χ4v) is 2.42. The minimum Gasteiger partial charge on any atom is -0.497 e. The maximum atomic E-state index is 12.1. The van der Waals surface area contributed by atoms with E-state index in [9.17, 15) is 4.79 Å². The Labute approximate surface area is 122 Å². The zero-order chi connectivity index (χ0) is 15.0. The van der Waals surface area contributed by atoms with E-state index in [4.69, 9.17) is 4.74 Å². The van der Waals surface area contributed by atoms with Crippen LogP contribution in [0.5, 0.6) is 5.75 Å². The molecule has 0 saturated carbocycles. The first kappa shape index (κ1) is 13.4. The summed E-state index contributed by atoms with van der Waals surface area (Å²) in [6.45, 7) is 2.01. The van der Waals surface area contributed by atoms with Gasteiger partial charge in [-0.25, -0.2) is 4.79 Å². The number of methoxy groups -OCH3 is 1. The quantitative estimate of drug-likeness (QED) is 0.725. The maximum Gasteiger partial charge on any atom is 0.348 e. The summed E-state index contributed by atoms with van der Waals surface area (Å²) < 4.78 is 6.74. The van der Waals surface area contributed by atoms with Gasteiger partial charge in [0.05, 0.1) is 18.3 Å². The SMILES string of the molecule is COc1ccc(-c2nc(=O)n(C)c3cc(C)ccc23)cc1. The Morgan fingerprint density at radius 1 is 1.10 bits per heavy atom. The number of hydrogen-bond acceptors (Lipinski definition) is 3. The first-order valence-electron chi connectivity index (χ1n) is 6.72. The van der Waals surface area contributed by atoms with E-state index in [1.807, 2.05) is 49.4 Å². The van der Waals surface area contributed by atoms with Gasteiger partial charge >= 0.3 is 5.69 Å². The van der Waals surface area contributed by atoms with Crippen molar-refractivity contribution < 1.29 is 4.74 Å². The van der Waals surface area contributed by atoms with Crippen LogP contribution in [-0.4, -0.2) is 16.7 Å². The van der Waals surface area contributed by atoms with Crippen molar-refractivity contribution in [3.05, 3.63) is 58.5 Å². The van der Waals surface area contributed by atoms with Gasteiger partial charge in [-0.05, 0) is 42.8 Å². The van der Waals surface area contributed by atoms with E-state index < -0.39 is 0 Å². The van der Waals surface area contributed by atoms with Crippen LogP contribution in [0.3, 0.4) is 0 Å². The Morgan fingerprint density at radius 2 is 1.81 bits per heavy atom. The Bertz CT molecular complexity index is 864. The summed E-state index contributed by atoms with van der Waals surface area (Å²) >= 11 is 0. The monoisotopic (exact) mass is 280 g/mol. The molecule has 0 amide bonds. The van der Waals surface area contributed by atoms with Crippen molar-refractivity contribution in [3.8, 4) is 17.0 Å². The van der Waals surface area contributed by atoms with Crippen molar-refractivity contribution in [1.29, 1.82) is 0 Å². The molecular formula is C17H16N2O2. The number of hydrogen-bond donors (Lipinski definition) is 0. The van der Waals surface area contributed by atoms with Gasteiger partial charge < -0.3 is 4.74 Å². The van der Waals surface area contributed by atoms with Crippen molar-refractivity contribution in [2.24, 2.45) is 7.05 Å². The van der Waals surface area contributed by atoms with Crippen molar-refractivity contribution in [1.82, 2.24) is 9.55 Å². The van der Waals surface area contributed by atoms with Crippen molar-refractivity contribution in [2.75, 3.05) is 7.11 Å². The summed E-state index contributed by atoms with van der Waals surface area (Å²) in [6, 6.07) is 13.6. The maximum absolute atomic E-state index is 12.1. The molecule has 0 saturated heterocycles. The van der Waals surface area contributed by atoms with E-state index in [2.05, 4.69) is 4.98 Å². The molecule has 0 bridgehead atoms. The van der Waals surface area contributed by atoms with Crippen LogP contribution in [0.15, 0.2) is 47.3 Å². The molecule has 0 aliphatic heterocycles. The zero-order valence-electron chi connectivity index (χ0n) is 12.3. The molecule has 3 aromatic rings. The molecule has 0 fully saturated rings. The van der Waals surface area contributed by atoms with Gasteiger partial charge in [-0.2, -0.15) is 4.98 Å². The van der Waals surface area contributed by atoms with Crippen molar-refractivity contribution in [2.45, 2.75) is 6.92 Å². The van der Waals surface area contributed by atoms with Crippen LogP contribution in [-0.2, 0) is 7.05 Å². The van der Waals surface area contributed by atoms with Crippen LogP contribution in [0.25, 0.3) is 22.2 Å². The Morgan fingerprint density at radius 3 is 2.48 bits per heavy atom. The predicted octanol–water partition coefficient (Wildman–Crippen LogP) is 2.92. The highest BCUT2D eigenvalue weighted by Gasteiger charge is 2.10. The van der Waals surface area contributed by atoms with Gasteiger partial charge in [-0.1, -0.05) is 12.1 Å². The largest absolute Gasteiger partial charge is 0.497 e. The lowest BCUT2D eigenvalue weighted by atomic mass is 10.0. The molecule has 0 aliphatic rings. The molecule has 0 aliphatic carbocycles. The normalized spacial score (nSPS) is 10.8. The highest BCUT2D eigenvalue weighted by molar-refractivity contribution is 5.92. The number of rotatable bonds is 2. The molecule has 0 unspecified atom stereocenters. The standard InChI is InChI=1S/C17H16N2O2/c1-11-4-9-14-15(10-11)19(2)17(20)18-16(14)12-5-7-13(21-3)8-6-12/h4-10H,1-3H3. The number of fused-ring (bicyclic) bond motifs is 1. The molecule has 106 valence electrons. The molecule has 0 atom stereocenters.